The van der Waals surface area contributed by atoms with Crippen LogP contribution in [0.2, 0.25) is 0 Å². The summed E-state index contributed by atoms with van der Waals surface area (Å²) >= 11 is 0. The van der Waals surface area contributed by atoms with Crippen LogP contribution in [0.4, 0.5) is 0 Å². The first-order chi connectivity index (χ1) is 26.0. The minimum Gasteiger partial charge on any atom is -0.503 e. The molecule has 0 amide bonds. The van der Waals surface area contributed by atoms with E-state index in [4.69, 9.17) is 9.72 Å². The summed E-state index contributed by atoms with van der Waals surface area (Å²) in [5.74, 6) is 2.02. The van der Waals surface area contributed by atoms with Crippen molar-refractivity contribution in [3.05, 3.63) is 168 Å². The number of rotatable bonds is 5. The van der Waals surface area contributed by atoms with Crippen LogP contribution < -0.4 is 4.74 Å². The number of hydrogen-bond acceptors (Lipinski definition) is 3. The Morgan fingerprint density at radius 2 is 1.20 bits per heavy atom. The van der Waals surface area contributed by atoms with Crippen LogP contribution >= 0.6 is 0 Å². The number of hydrogen-bond donors (Lipinski definition) is 0. The molecule has 10 rings (SSSR count). The predicted octanol–water partition coefficient (Wildman–Crippen LogP) is 12.1. The predicted molar refractivity (Wildman–Crippen MR) is 216 cm³/mol. The van der Waals surface area contributed by atoms with Crippen LogP contribution in [-0.2, 0) is 21.1 Å². The van der Waals surface area contributed by atoms with Gasteiger partial charge < -0.3 is 13.7 Å². The van der Waals surface area contributed by atoms with Gasteiger partial charge in [0.05, 0.1) is 11.3 Å². The summed E-state index contributed by atoms with van der Waals surface area (Å²) in [7, 11) is 0. The second kappa shape index (κ2) is 13.1. The Kier molecular flexibility index (Phi) is 8.21. The smallest absolute Gasteiger partial charge is 0.503 e. The van der Waals surface area contributed by atoms with Crippen LogP contribution in [0, 0.1) is 39.8 Å². The molecule has 5 nitrogen and oxygen atoms in total. The Bertz CT molecular complexity index is 3050. The third-order valence-electron chi connectivity index (χ3n) is 10.6. The maximum Gasteiger partial charge on any atom is 2.00 e. The first kappa shape index (κ1) is 33.8. The van der Waals surface area contributed by atoms with Crippen LogP contribution in [0.25, 0.3) is 77.3 Å². The van der Waals surface area contributed by atoms with Crippen molar-refractivity contribution in [3.8, 4) is 39.7 Å². The molecule has 0 N–H and O–H groups in total. The second-order valence-electron chi connectivity index (χ2n) is 13.9. The number of nitrogens with zero attached hydrogens (tertiary/aromatic N) is 4. The molecule has 54 heavy (non-hydrogen) atoms. The zero-order valence-electron chi connectivity index (χ0n) is 30.2. The van der Waals surface area contributed by atoms with Gasteiger partial charge >= 0.3 is 21.1 Å². The monoisotopic (exact) mass is 877 g/mol. The molecule has 0 radical (unpaired) electrons. The van der Waals surface area contributed by atoms with E-state index < -0.39 is 0 Å². The normalized spacial score (nSPS) is 11.6. The fourth-order valence-electron chi connectivity index (χ4n) is 8.32. The van der Waals surface area contributed by atoms with Crippen molar-refractivity contribution in [1.82, 2.24) is 18.9 Å². The van der Waals surface area contributed by atoms with E-state index in [-0.39, 0.29) is 21.1 Å². The van der Waals surface area contributed by atoms with Crippen molar-refractivity contribution in [2.75, 3.05) is 0 Å². The van der Waals surface area contributed by atoms with E-state index in [1.807, 2.05) is 42.7 Å². The third kappa shape index (κ3) is 5.18. The topological polar surface area (TPSA) is 44.3 Å². The number of aromatic nitrogens is 4. The Balaban J connectivity index is 0.00000384. The van der Waals surface area contributed by atoms with E-state index in [2.05, 4.69) is 145 Å². The molecular weight excluding hydrogens is 844 g/mol. The van der Waals surface area contributed by atoms with Gasteiger partial charge in [-0.3, -0.25) is 4.98 Å². The maximum atomic E-state index is 6.64. The first-order valence-corrected chi connectivity index (χ1v) is 17.9. The van der Waals surface area contributed by atoms with E-state index in [0.717, 1.165) is 60.6 Å². The molecule has 0 atom stereocenters. The molecule has 0 spiro atoms. The minimum absolute atomic E-state index is 0. The average molecular weight is 878 g/mol. The number of aryl methyl sites for hydroxylation is 4. The van der Waals surface area contributed by atoms with Gasteiger partial charge in [0, 0.05) is 40.5 Å². The van der Waals surface area contributed by atoms with Gasteiger partial charge in [0.15, 0.2) is 0 Å². The number of benzene rings is 6. The molecule has 0 unspecified atom stereocenters. The Labute approximate surface area is 327 Å². The van der Waals surface area contributed by atoms with Crippen LogP contribution in [0.15, 0.2) is 134 Å². The second-order valence-corrected chi connectivity index (χ2v) is 13.9. The summed E-state index contributed by atoms with van der Waals surface area (Å²) < 4.78 is 11.1. The Morgan fingerprint density at radius 1 is 0.556 bits per heavy atom. The van der Waals surface area contributed by atoms with Gasteiger partial charge in [-0.15, -0.1) is 29.7 Å². The summed E-state index contributed by atoms with van der Waals surface area (Å²) in [6.07, 6.45) is 3.83. The van der Waals surface area contributed by atoms with Gasteiger partial charge in [-0.1, -0.05) is 95.2 Å². The van der Waals surface area contributed by atoms with E-state index >= 15 is 0 Å². The van der Waals surface area contributed by atoms with Crippen LogP contribution in [0.1, 0.15) is 22.3 Å². The molecule has 4 aromatic heterocycles. The van der Waals surface area contributed by atoms with Crippen molar-refractivity contribution >= 4 is 49.1 Å². The van der Waals surface area contributed by atoms with Crippen LogP contribution in [0.5, 0.6) is 11.5 Å². The molecule has 0 aliphatic heterocycles. The fraction of sp³-hybridized carbons (Fsp3) is 0.0833. The zero-order valence-corrected chi connectivity index (χ0v) is 32.5. The SMILES string of the molecule is Cc1cccc(C)c1-c1cccc2c1c1ccc(Oc3[c-]c4c(cc3)c3ccccc3n4-c3ccccn3)[c-]c1c1ncc(-c3c(C)cccc3C)n21.[Pt+2]. The molecule has 6 heteroatoms. The standard InChI is InChI=1S/C48H34N4O.Pt/c1-29-12-9-13-30(2)45(29)38-17-11-19-41-47(38)37-24-22-33(26-39(37)48-50-28-43(52(41)48)46-31(3)14-10-15-32(46)4)53-34-21-23-36-35-16-5-6-18-40(35)51(42(36)27-34)44-20-7-8-25-49-44;/h5-25,28H,1-4H3;/q-2;+2. The first-order valence-electron chi connectivity index (χ1n) is 17.9. The molecule has 0 aliphatic carbocycles. The number of fused-ring (bicyclic) bond motifs is 9. The molecule has 262 valence electrons. The summed E-state index contributed by atoms with van der Waals surface area (Å²) in [4.78, 5) is 9.79. The molecule has 0 saturated heterocycles. The molecular formula is C48H34N4OPt. The van der Waals surface area contributed by atoms with E-state index in [0.29, 0.717) is 11.5 Å². The fourth-order valence-corrected chi connectivity index (χ4v) is 8.32. The molecule has 4 heterocycles. The quantitative estimate of drug-likeness (QED) is 0.128. The van der Waals surface area contributed by atoms with Crippen LogP contribution in [0.3, 0.4) is 0 Å². The zero-order chi connectivity index (χ0) is 35.8. The van der Waals surface area contributed by atoms with Gasteiger partial charge in [-0.25, -0.2) is 4.98 Å². The number of imidazole rings is 1. The minimum atomic E-state index is 0. The molecule has 0 saturated carbocycles. The molecule has 0 aliphatic rings. The number of ether oxygens (including phenoxy) is 1. The van der Waals surface area contributed by atoms with Gasteiger partial charge in [0.1, 0.15) is 5.82 Å². The van der Waals surface area contributed by atoms with Crippen molar-refractivity contribution < 1.29 is 25.8 Å². The third-order valence-corrected chi connectivity index (χ3v) is 10.6. The Morgan fingerprint density at radius 3 is 1.94 bits per heavy atom. The van der Waals surface area contributed by atoms with E-state index in [9.17, 15) is 0 Å². The van der Waals surface area contributed by atoms with Crippen molar-refractivity contribution in [2.45, 2.75) is 27.7 Å². The number of pyridine rings is 2. The summed E-state index contributed by atoms with van der Waals surface area (Å²) in [6.45, 7) is 8.73. The van der Waals surface area contributed by atoms with Crippen LogP contribution in [-0.4, -0.2) is 18.9 Å². The van der Waals surface area contributed by atoms with Gasteiger partial charge in [0.25, 0.3) is 0 Å². The van der Waals surface area contributed by atoms with Gasteiger partial charge in [0.2, 0.25) is 0 Å². The van der Waals surface area contributed by atoms with Crippen molar-refractivity contribution in [1.29, 1.82) is 0 Å². The molecule has 10 aromatic rings. The Hall–Kier alpha value is -6.03. The molecule has 0 bridgehead atoms. The summed E-state index contributed by atoms with van der Waals surface area (Å²) in [6, 6.07) is 49.5. The van der Waals surface area contributed by atoms with Gasteiger partial charge in [-0.2, -0.15) is 6.07 Å². The average Bonchev–Trinajstić information content (AvgIpc) is 3.75. The molecule has 6 aromatic carbocycles. The number of para-hydroxylation sites is 1. The van der Waals surface area contributed by atoms with Crippen molar-refractivity contribution in [2.24, 2.45) is 0 Å². The van der Waals surface area contributed by atoms with Crippen molar-refractivity contribution in [3.63, 3.8) is 0 Å². The van der Waals surface area contributed by atoms with Gasteiger partial charge in [-0.05, 0) is 96.1 Å². The summed E-state index contributed by atoms with van der Waals surface area (Å²) in [5, 5.41) is 5.36. The molecule has 0 fully saturated rings. The largest absolute Gasteiger partial charge is 2.00 e. The van der Waals surface area contributed by atoms with E-state index in [1.54, 1.807) is 0 Å². The van der Waals surface area contributed by atoms with E-state index in [1.165, 1.54) is 38.9 Å². The maximum absolute atomic E-state index is 6.64. The summed E-state index contributed by atoms with van der Waals surface area (Å²) in [5.41, 5.74) is 13.5.